The van der Waals surface area contributed by atoms with Gasteiger partial charge in [0.1, 0.15) is 0 Å². The molecule has 0 aromatic carbocycles. The summed E-state index contributed by atoms with van der Waals surface area (Å²) in [5, 5.41) is 9.97. The van der Waals surface area contributed by atoms with Crippen LogP contribution in [0.2, 0.25) is 0 Å². The second-order valence-corrected chi connectivity index (χ2v) is 10.2. The molecule has 6 saturated carbocycles. The van der Waals surface area contributed by atoms with Gasteiger partial charge in [-0.1, -0.05) is 0 Å². The molecule has 138 valence electrons. The lowest BCUT2D eigenvalue weighted by atomic mass is 9.84. The number of urea groups is 1. The van der Waals surface area contributed by atoms with E-state index < -0.39 is 0 Å². The molecule has 0 spiro atoms. The quantitative estimate of drug-likeness (QED) is 0.709. The van der Waals surface area contributed by atoms with E-state index in [0.717, 1.165) is 35.5 Å². The third-order valence-electron chi connectivity index (χ3n) is 9.73. The molecule has 9 atom stereocenters. The first-order valence-electron chi connectivity index (χ1n) is 11.1. The molecule has 4 heteroatoms. The number of nitrogens with zero attached hydrogens (tertiary/aromatic N) is 2. The molecule has 6 aliphatic carbocycles. The number of carbonyl (C=O) groups is 1. The summed E-state index contributed by atoms with van der Waals surface area (Å²) >= 11 is 0. The zero-order valence-electron chi connectivity index (χ0n) is 15.7. The minimum Gasteiger partial charge on any atom is -0.340 e. The molecule has 26 heavy (non-hydrogen) atoms. The maximum absolute atomic E-state index is 12.8. The topological polar surface area (TPSA) is 44.7 Å². The Morgan fingerprint density at radius 1 is 0.923 bits per heavy atom. The van der Waals surface area contributed by atoms with Crippen molar-refractivity contribution in [2.75, 3.05) is 7.05 Å². The third-order valence-corrected chi connectivity index (χ3v) is 9.73. The molecule has 2 amide bonds. The summed E-state index contributed by atoms with van der Waals surface area (Å²) in [5.74, 6) is 6.46. The van der Waals surface area contributed by atoms with Crippen LogP contribution in [-0.4, -0.2) is 29.8 Å². The Labute approximate surface area is 155 Å². The number of hydrogen-bond donors (Lipinski definition) is 1. The van der Waals surface area contributed by atoms with Crippen molar-refractivity contribution in [3.05, 3.63) is 11.1 Å². The van der Waals surface area contributed by atoms with Gasteiger partial charge in [0.25, 0.3) is 0 Å². The van der Waals surface area contributed by atoms with Gasteiger partial charge in [0.05, 0.1) is 11.8 Å². The van der Waals surface area contributed by atoms with Gasteiger partial charge in [0.15, 0.2) is 0 Å². The lowest BCUT2D eigenvalue weighted by Crippen LogP contribution is -2.47. The van der Waals surface area contributed by atoms with E-state index in [1.54, 1.807) is 18.2 Å². The van der Waals surface area contributed by atoms with Crippen molar-refractivity contribution in [3.8, 4) is 0 Å². The summed E-state index contributed by atoms with van der Waals surface area (Å²) in [4.78, 5) is 12.8. The number of nitrogens with one attached hydrogen (secondary N) is 1. The summed E-state index contributed by atoms with van der Waals surface area (Å²) in [7, 11) is 1.77. The van der Waals surface area contributed by atoms with Crippen LogP contribution in [-0.2, 0) is 0 Å². The molecule has 7 aliphatic rings. The van der Waals surface area contributed by atoms with Gasteiger partial charge in [0, 0.05) is 13.0 Å². The van der Waals surface area contributed by atoms with E-state index in [0.29, 0.717) is 11.8 Å². The fourth-order valence-electron chi connectivity index (χ4n) is 9.18. The number of carbonyl (C=O) groups excluding carboxylic acids is 1. The van der Waals surface area contributed by atoms with Gasteiger partial charge in [-0.15, -0.1) is 0 Å². The Hall–Kier alpha value is -1.32. The fraction of sp³-hybridized carbons (Fsp3) is 0.818. The van der Waals surface area contributed by atoms with Crippen molar-refractivity contribution >= 4 is 11.7 Å². The minimum atomic E-state index is 0.0223. The standard InChI is InChI=1S/C22H29N3O/c1-23-22(26)25-21-15-9-5-11-3-7-13(17(11)15)19(21)18-12-6-2-10-4-8-14(16(10)12)20(18)24-25/h10-17,21H,2-9H2,1H3,(H,23,26)/t10?,11?,12?,13?,14?,15?,16-,17+,21?/m1/s1. The normalized spacial score (nSPS) is 52.1. The highest BCUT2D eigenvalue weighted by Crippen LogP contribution is 2.67. The summed E-state index contributed by atoms with van der Waals surface area (Å²) < 4.78 is 0. The minimum absolute atomic E-state index is 0.0223. The molecule has 0 aromatic rings. The van der Waals surface area contributed by atoms with Crippen molar-refractivity contribution in [3.63, 3.8) is 0 Å². The molecule has 0 aromatic heterocycles. The van der Waals surface area contributed by atoms with Crippen LogP contribution in [0, 0.1) is 47.3 Å². The third kappa shape index (κ3) is 1.49. The van der Waals surface area contributed by atoms with Gasteiger partial charge in [-0.25, -0.2) is 9.80 Å². The van der Waals surface area contributed by atoms with Crippen LogP contribution >= 0.6 is 0 Å². The molecule has 7 rings (SSSR count). The molecule has 1 aliphatic heterocycles. The van der Waals surface area contributed by atoms with Crippen LogP contribution in [0.3, 0.4) is 0 Å². The Morgan fingerprint density at radius 2 is 1.62 bits per heavy atom. The fourth-order valence-corrected chi connectivity index (χ4v) is 9.18. The van der Waals surface area contributed by atoms with E-state index in [4.69, 9.17) is 5.10 Å². The predicted octanol–water partition coefficient (Wildman–Crippen LogP) is 3.79. The van der Waals surface area contributed by atoms with E-state index in [1.807, 2.05) is 5.01 Å². The molecular formula is C22H29N3O. The van der Waals surface area contributed by atoms with Crippen LogP contribution in [0.4, 0.5) is 4.79 Å². The Bertz CT molecular complexity index is 769. The summed E-state index contributed by atoms with van der Waals surface area (Å²) in [6.07, 6.45) is 11.1. The van der Waals surface area contributed by atoms with E-state index >= 15 is 0 Å². The zero-order chi connectivity index (χ0) is 17.2. The van der Waals surface area contributed by atoms with E-state index in [-0.39, 0.29) is 12.1 Å². The Morgan fingerprint density at radius 3 is 2.42 bits per heavy atom. The highest BCUT2D eigenvalue weighted by molar-refractivity contribution is 6.07. The molecule has 7 unspecified atom stereocenters. The van der Waals surface area contributed by atoms with Gasteiger partial charge >= 0.3 is 6.03 Å². The maximum atomic E-state index is 12.8. The van der Waals surface area contributed by atoms with Crippen LogP contribution in [0.15, 0.2) is 16.2 Å². The lowest BCUT2D eigenvalue weighted by Gasteiger charge is -2.36. The van der Waals surface area contributed by atoms with Gasteiger partial charge in [-0.05, 0) is 104 Å². The molecule has 1 N–H and O–H groups in total. The number of hydrogen-bond acceptors (Lipinski definition) is 2. The van der Waals surface area contributed by atoms with E-state index in [9.17, 15) is 4.79 Å². The van der Waals surface area contributed by atoms with E-state index in [1.165, 1.54) is 57.1 Å². The second kappa shape index (κ2) is 4.74. The van der Waals surface area contributed by atoms with Crippen molar-refractivity contribution < 1.29 is 4.79 Å². The van der Waals surface area contributed by atoms with Crippen molar-refractivity contribution in [1.82, 2.24) is 10.3 Å². The Kier molecular flexibility index (Phi) is 2.68. The number of hydrazone groups is 1. The van der Waals surface area contributed by atoms with Gasteiger partial charge in [-0.3, -0.25) is 0 Å². The number of fused-ring (bicyclic) bond motifs is 6. The average molecular weight is 351 g/mol. The average Bonchev–Trinajstić information content (AvgIpc) is 3.43. The van der Waals surface area contributed by atoms with Gasteiger partial charge in [-0.2, -0.15) is 5.10 Å². The summed E-state index contributed by atoms with van der Waals surface area (Å²) in [6, 6.07) is 0.306. The van der Waals surface area contributed by atoms with Crippen LogP contribution in [0.25, 0.3) is 0 Å². The molecule has 1 heterocycles. The predicted molar refractivity (Wildman–Crippen MR) is 99.4 cm³/mol. The number of amides is 2. The summed E-state index contributed by atoms with van der Waals surface area (Å²) in [6.45, 7) is 0. The molecule has 0 bridgehead atoms. The zero-order valence-corrected chi connectivity index (χ0v) is 15.7. The second-order valence-electron chi connectivity index (χ2n) is 10.2. The summed E-state index contributed by atoms with van der Waals surface area (Å²) in [5.41, 5.74) is 4.78. The number of allylic oxidation sites excluding steroid dienone is 1. The first-order valence-corrected chi connectivity index (χ1v) is 11.1. The largest absolute Gasteiger partial charge is 0.340 e. The molecule has 0 saturated heterocycles. The monoisotopic (exact) mass is 351 g/mol. The van der Waals surface area contributed by atoms with Crippen molar-refractivity contribution in [1.29, 1.82) is 0 Å². The van der Waals surface area contributed by atoms with E-state index in [2.05, 4.69) is 5.32 Å². The first-order chi connectivity index (χ1) is 12.8. The highest BCUT2D eigenvalue weighted by atomic mass is 16.2. The Balaban J connectivity index is 1.44. The SMILES string of the molecule is CNC(=O)N1N=C2C(=C3C4CCC5CCC(C31)[C@@H]54)C1CCC3CCC2[C@H]31. The molecule has 0 radical (unpaired) electrons. The maximum Gasteiger partial charge on any atom is 0.338 e. The number of rotatable bonds is 0. The van der Waals surface area contributed by atoms with Crippen LogP contribution in [0.1, 0.15) is 51.4 Å². The van der Waals surface area contributed by atoms with Gasteiger partial charge < -0.3 is 5.32 Å². The van der Waals surface area contributed by atoms with Crippen LogP contribution < -0.4 is 5.32 Å². The first kappa shape index (κ1) is 14.7. The van der Waals surface area contributed by atoms with Crippen molar-refractivity contribution in [2.24, 2.45) is 52.4 Å². The van der Waals surface area contributed by atoms with Crippen LogP contribution in [0.5, 0.6) is 0 Å². The molecule has 6 fully saturated rings. The smallest absolute Gasteiger partial charge is 0.338 e. The highest BCUT2D eigenvalue weighted by Gasteiger charge is 2.64. The van der Waals surface area contributed by atoms with Gasteiger partial charge in [0.2, 0.25) is 0 Å². The molecular weight excluding hydrogens is 322 g/mol. The van der Waals surface area contributed by atoms with Crippen molar-refractivity contribution in [2.45, 2.75) is 57.4 Å². The lowest BCUT2D eigenvalue weighted by molar-refractivity contribution is 0.165. The molecule has 4 nitrogen and oxygen atoms in total.